The molecule has 3 aromatic rings. The van der Waals surface area contributed by atoms with Crippen LogP contribution in [0.4, 0.5) is 0 Å². The maximum atomic E-state index is 3.57. The molecule has 1 aromatic heterocycles. The van der Waals surface area contributed by atoms with Crippen LogP contribution < -0.4 is 4.57 Å². The van der Waals surface area contributed by atoms with E-state index < -0.39 is 0 Å². The van der Waals surface area contributed by atoms with Gasteiger partial charge >= 0.3 is 0 Å². The van der Waals surface area contributed by atoms with E-state index in [9.17, 15) is 0 Å². The lowest BCUT2D eigenvalue weighted by Gasteiger charge is -2.20. The normalized spacial score (nSPS) is 13.3. The minimum Gasteiger partial charge on any atom is -0.326 e. The van der Waals surface area contributed by atoms with E-state index in [0.29, 0.717) is 11.8 Å². The summed E-state index contributed by atoms with van der Waals surface area (Å²) in [5.41, 5.74) is 8.42. The van der Waals surface area contributed by atoms with E-state index in [2.05, 4.69) is 104 Å². The Morgan fingerprint density at radius 1 is 0.964 bits per heavy atom. The van der Waals surface area contributed by atoms with Crippen LogP contribution in [0.1, 0.15) is 68.2 Å². The maximum Gasteiger partial charge on any atom is 0.243 e. The van der Waals surface area contributed by atoms with E-state index in [1.54, 1.807) is 0 Å². The number of aromatic nitrogens is 2. The number of rotatable bonds is 6. The Labute approximate surface area is 169 Å². The summed E-state index contributed by atoms with van der Waals surface area (Å²) in [4.78, 5) is 0. The van der Waals surface area contributed by atoms with Crippen molar-refractivity contribution in [2.45, 2.75) is 58.9 Å². The third-order valence-corrected chi connectivity index (χ3v) is 5.77. The van der Waals surface area contributed by atoms with Crippen molar-refractivity contribution >= 4 is 5.57 Å². The van der Waals surface area contributed by atoms with Crippen molar-refractivity contribution in [2.24, 2.45) is 0 Å². The van der Waals surface area contributed by atoms with Crippen LogP contribution in [-0.2, 0) is 13.0 Å². The molecule has 28 heavy (non-hydrogen) atoms. The lowest BCUT2D eigenvalue weighted by molar-refractivity contribution is -0.699. The Kier molecular flexibility index (Phi) is 5.21. The molecule has 0 fully saturated rings. The van der Waals surface area contributed by atoms with E-state index >= 15 is 0 Å². The zero-order chi connectivity index (χ0) is 19.7. The van der Waals surface area contributed by atoms with Crippen LogP contribution in [0.5, 0.6) is 0 Å². The van der Waals surface area contributed by atoms with Gasteiger partial charge in [-0.3, -0.25) is 0 Å². The lowest BCUT2D eigenvalue weighted by atomic mass is 9.92. The fraction of sp³-hybridized carbons (Fsp3) is 0.346. The summed E-state index contributed by atoms with van der Waals surface area (Å²) in [6.45, 7) is 10.0. The number of benzene rings is 2. The topological polar surface area (TPSA) is 8.81 Å². The number of nitrogens with zero attached hydrogens (tertiary/aromatic N) is 2. The molecular formula is C26H30N2. The first-order chi connectivity index (χ1) is 13.5. The molecule has 0 amide bonds. The molecule has 1 aliphatic rings. The van der Waals surface area contributed by atoms with E-state index in [-0.39, 0.29) is 0 Å². The second-order valence-corrected chi connectivity index (χ2v) is 8.40. The Balaban J connectivity index is 1.58. The van der Waals surface area contributed by atoms with E-state index in [1.165, 1.54) is 33.5 Å². The van der Waals surface area contributed by atoms with E-state index in [0.717, 1.165) is 19.4 Å². The molecule has 0 unspecified atom stereocenters. The minimum absolute atomic E-state index is 0.484. The summed E-state index contributed by atoms with van der Waals surface area (Å²) in [5.74, 6) is 0.969. The molecule has 2 nitrogen and oxygen atoms in total. The monoisotopic (exact) mass is 370 g/mol. The SMILES string of the molecule is CC(C)c1cccc(C(C)C)c1-n1[c-][n+](CCC2=CCc3ccccc32)cc1. The van der Waals surface area contributed by atoms with Gasteiger partial charge in [-0.2, -0.15) is 0 Å². The van der Waals surface area contributed by atoms with Crippen molar-refractivity contribution in [3.63, 3.8) is 0 Å². The molecule has 4 rings (SSSR count). The highest BCUT2D eigenvalue weighted by atomic mass is 15.1. The second-order valence-electron chi connectivity index (χ2n) is 8.40. The molecule has 0 spiro atoms. The summed E-state index contributed by atoms with van der Waals surface area (Å²) in [5, 5.41) is 0. The van der Waals surface area contributed by atoms with Gasteiger partial charge in [0, 0.05) is 18.8 Å². The van der Waals surface area contributed by atoms with Crippen LogP contribution in [0, 0.1) is 6.33 Å². The molecule has 0 saturated carbocycles. The molecule has 0 aliphatic heterocycles. The predicted molar refractivity (Wildman–Crippen MR) is 116 cm³/mol. The highest BCUT2D eigenvalue weighted by Gasteiger charge is 2.16. The number of allylic oxidation sites excluding steroid dienone is 2. The van der Waals surface area contributed by atoms with Crippen molar-refractivity contribution < 1.29 is 4.57 Å². The van der Waals surface area contributed by atoms with E-state index in [4.69, 9.17) is 0 Å². The Morgan fingerprint density at radius 2 is 1.68 bits per heavy atom. The fourth-order valence-corrected chi connectivity index (χ4v) is 4.22. The largest absolute Gasteiger partial charge is 0.326 e. The van der Waals surface area contributed by atoms with Crippen molar-refractivity contribution in [3.8, 4) is 5.69 Å². The number of hydrogen-bond acceptors (Lipinski definition) is 0. The van der Waals surface area contributed by atoms with Gasteiger partial charge in [-0.25, -0.2) is 0 Å². The van der Waals surface area contributed by atoms with E-state index in [1.807, 2.05) is 0 Å². The number of imidazole rings is 1. The molecule has 0 radical (unpaired) electrons. The first-order valence-corrected chi connectivity index (χ1v) is 10.4. The molecule has 1 heterocycles. The number of hydrogen-bond donors (Lipinski definition) is 0. The Morgan fingerprint density at radius 3 is 2.39 bits per heavy atom. The standard InChI is InChI=1S/C26H30N2/c1-19(2)23-10-7-11-24(20(3)4)26(23)28-17-16-27(18-28)15-14-22-13-12-21-8-5-6-9-25(21)22/h5-11,13,16-17,19-20H,12,14-15H2,1-4H3. The summed E-state index contributed by atoms with van der Waals surface area (Å²) in [7, 11) is 0. The summed E-state index contributed by atoms with van der Waals surface area (Å²) < 4.78 is 4.39. The predicted octanol–water partition coefficient (Wildman–Crippen LogP) is 5.84. The van der Waals surface area contributed by atoms with Crippen LogP contribution in [-0.4, -0.2) is 4.57 Å². The van der Waals surface area contributed by atoms with Gasteiger partial charge in [0.05, 0.1) is 12.2 Å². The summed E-state index contributed by atoms with van der Waals surface area (Å²) >= 11 is 0. The Hall–Kier alpha value is -2.61. The highest BCUT2D eigenvalue weighted by Crippen LogP contribution is 2.31. The van der Waals surface area contributed by atoms with Gasteiger partial charge in [0.25, 0.3) is 0 Å². The van der Waals surface area contributed by atoms with Crippen LogP contribution in [0.25, 0.3) is 11.3 Å². The van der Waals surface area contributed by atoms with Crippen molar-refractivity contribution in [1.82, 2.24) is 4.57 Å². The molecule has 144 valence electrons. The van der Waals surface area contributed by atoms with Gasteiger partial charge in [-0.05, 0) is 46.1 Å². The summed E-state index contributed by atoms with van der Waals surface area (Å²) in [6.07, 6.45) is 12.4. The van der Waals surface area contributed by atoms with Crippen LogP contribution in [0.3, 0.4) is 0 Å². The first kappa shape index (κ1) is 18.7. The van der Waals surface area contributed by atoms with Crippen LogP contribution >= 0.6 is 0 Å². The zero-order valence-electron chi connectivity index (χ0n) is 17.4. The van der Waals surface area contributed by atoms with Crippen molar-refractivity contribution in [1.29, 1.82) is 0 Å². The molecule has 1 aliphatic carbocycles. The first-order valence-electron chi connectivity index (χ1n) is 10.4. The zero-order valence-corrected chi connectivity index (χ0v) is 17.4. The number of aryl methyl sites for hydroxylation is 1. The van der Waals surface area contributed by atoms with Gasteiger partial charge in [0.1, 0.15) is 0 Å². The van der Waals surface area contributed by atoms with Crippen molar-refractivity contribution in [3.05, 3.63) is 89.5 Å². The summed E-state index contributed by atoms with van der Waals surface area (Å²) in [6, 6.07) is 15.5. The molecule has 0 bridgehead atoms. The third-order valence-electron chi connectivity index (χ3n) is 5.77. The second kappa shape index (κ2) is 7.79. The number of para-hydroxylation sites is 1. The molecular weight excluding hydrogens is 340 g/mol. The third kappa shape index (κ3) is 3.56. The van der Waals surface area contributed by atoms with Crippen LogP contribution in [0.15, 0.2) is 60.9 Å². The lowest BCUT2D eigenvalue weighted by Crippen LogP contribution is -2.31. The number of fused-ring (bicyclic) bond motifs is 1. The molecule has 2 heteroatoms. The average Bonchev–Trinajstić information content (AvgIpc) is 3.32. The molecule has 0 N–H and O–H groups in total. The maximum absolute atomic E-state index is 3.57. The fourth-order valence-electron chi connectivity index (χ4n) is 4.22. The molecule has 2 aromatic carbocycles. The minimum atomic E-state index is 0.484. The Bertz CT molecular complexity index is 979. The highest BCUT2D eigenvalue weighted by molar-refractivity contribution is 5.72. The molecule has 0 atom stereocenters. The quantitative estimate of drug-likeness (QED) is 0.381. The molecule has 0 saturated heterocycles. The van der Waals surface area contributed by atoms with Gasteiger partial charge in [0.15, 0.2) is 0 Å². The van der Waals surface area contributed by atoms with Gasteiger partial charge in [-0.1, -0.05) is 76.2 Å². The van der Waals surface area contributed by atoms with Gasteiger partial charge < -0.3 is 9.13 Å². The average molecular weight is 371 g/mol. The van der Waals surface area contributed by atoms with Crippen molar-refractivity contribution in [2.75, 3.05) is 0 Å². The van der Waals surface area contributed by atoms with Gasteiger partial charge in [-0.15, -0.1) is 0 Å². The van der Waals surface area contributed by atoms with Crippen LogP contribution in [0.2, 0.25) is 0 Å². The smallest absolute Gasteiger partial charge is 0.243 e. The van der Waals surface area contributed by atoms with Gasteiger partial charge in [0.2, 0.25) is 6.33 Å².